The first kappa shape index (κ1) is 16.9. The van der Waals surface area contributed by atoms with Crippen molar-refractivity contribution in [1.29, 1.82) is 0 Å². The summed E-state index contributed by atoms with van der Waals surface area (Å²) in [5.74, 6) is -1.84. The Labute approximate surface area is 122 Å². The SMILES string of the molecule is CC(C)(CCBr)NC(=O)c1cc(C(F)(F)F)ccc1F. The summed E-state index contributed by atoms with van der Waals surface area (Å²) in [6, 6.07) is 1.78. The van der Waals surface area contributed by atoms with E-state index in [1.54, 1.807) is 13.8 Å². The van der Waals surface area contributed by atoms with Gasteiger partial charge >= 0.3 is 6.18 Å². The van der Waals surface area contributed by atoms with Crippen LogP contribution in [-0.4, -0.2) is 16.8 Å². The molecule has 2 nitrogen and oxygen atoms in total. The second-order valence-corrected chi connectivity index (χ2v) is 5.76. The van der Waals surface area contributed by atoms with Crippen molar-refractivity contribution in [1.82, 2.24) is 5.32 Å². The van der Waals surface area contributed by atoms with Crippen molar-refractivity contribution < 1.29 is 22.4 Å². The van der Waals surface area contributed by atoms with Crippen molar-refractivity contribution in [2.45, 2.75) is 32.0 Å². The Morgan fingerprint density at radius 2 is 1.90 bits per heavy atom. The first-order valence-corrected chi connectivity index (χ1v) is 6.94. The van der Waals surface area contributed by atoms with Crippen LogP contribution in [0.3, 0.4) is 0 Å². The summed E-state index contributed by atoms with van der Waals surface area (Å²) in [6.45, 7) is 3.41. The molecule has 0 bridgehead atoms. The fraction of sp³-hybridized carbons (Fsp3) is 0.462. The molecule has 1 rings (SSSR count). The number of halogens is 5. The summed E-state index contributed by atoms with van der Waals surface area (Å²) in [5.41, 5.74) is -2.31. The molecule has 0 saturated heterocycles. The zero-order valence-corrected chi connectivity index (χ0v) is 12.5. The lowest BCUT2D eigenvalue weighted by Crippen LogP contribution is -2.44. The average Bonchev–Trinajstić information content (AvgIpc) is 2.26. The van der Waals surface area contributed by atoms with Gasteiger partial charge in [-0.2, -0.15) is 13.2 Å². The van der Waals surface area contributed by atoms with Crippen molar-refractivity contribution in [3.8, 4) is 0 Å². The van der Waals surface area contributed by atoms with Crippen LogP contribution in [0.2, 0.25) is 0 Å². The molecule has 0 atom stereocenters. The minimum atomic E-state index is -4.62. The number of amides is 1. The van der Waals surface area contributed by atoms with Gasteiger partial charge in [0.15, 0.2) is 0 Å². The average molecular weight is 356 g/mol. The molecule has 0 aliphatic heterocycles. The molecule has 0 aliphatic rings. The smallest absolute Gasteiger partial charge is 0.347 e. The van der Waals surface area contributed by atoms with E-state index in [4.69, 9.17) is 0 Å². The number of carbonyl (C=O) groups is 1. The summed E-state index contributed by atoms with van der Waals surface area (Å²) >= 11 is 3.21. The predicted molar refractivity (Wildman–Crippen MR) is 71.4 cm³/mol. The fourth-order valence-corrected chi connectivity index (χ4v) is 2.54. The molecule has 0 fully saturated rings. The zero-order chi connectivity index (χ0) is 15.6. The van der Waals surface area contributed by atoms with Gasteiger partial charge in [-0.1, -0.05) is 15.9 Å². The van der Waals surface area contributed by atoms with Gasteiger partial charge in [0.1, 0.15) is 5.82 Å². The van der Waals surface area contributed by atoms with Gasteiger partial charge in [0.05, 0.1) is 11.1 Å². The number of hydrogen-bond acceptors (Lipinski definition) is 1. The molecule has 1 aromatic rings. The summed E-state index contributed by atoms with van der Waals surface area (Å²) in [4.78, 5) is 11.9. The maximum atomic E-state index is 13.5. The summed E-state index contributed by atoms with van der Waals surface area (Å²) < 4.78 is 51.2. The first-order valence-electron chi connectivity index (χ1n) is 5.82. The maximum Gasteiger partial charge on any atom is 0.416 e. The number of benzene rings is 1. The van der Waals surface area contributed by atoms with Crippen molar-refractivity contribution in [2.24, 2.45) is 0 Å². The minimum absolute atomic E-state index is 0.523. The summed E-state index contributed by atoms with van der Waals surface area (Å²) in [5, 5.41) is 3.12. The third kappa shape index (κ3) is 4.47. The Hall–Kier alpha value is -1.11. The van der Waals surface area contributed by atoms with Crippen LogP contribution in [0.15, 0.2) is 18.2 Å². The molecule has 0 heterocycles. The second kappa shape index (κ2) is 6.11. The van der Waals surface area contributed by atoms with Crippen LogP contribution in [0.1, 0.15) is 36.2 Å². The lowest BCUT2D eigenvalue weighted by atomic mass is 10.0. The minimum Gasteiger partial charge on any atom is -0.347 e. The molecule has 0 aliphatic carbocycles. The van der Waals surface area contributed by atoms with Crippen molar-refractivity contribution >= 4 is 21.8 Å². The fourth-order valence-electron chi connectivity index (χ4n) is 1.55. The van der Waals surface area contributed by atoms with E-state index < -0.39 is 34.6 Å². The van der Waals surface area contributed by atoms with E-state index in [0.717, 1.165) is 0 Å². The molecule has 7 heteroatoms. The van der Waals surface area contributed by atoms with Crippen molar-refractivity contribution in [3.05, 3.63) is 35.1 Å². The Morgan fingerprint density at radius 3 is 2.40 bits per heavy atom. The Morgan fingerprint density at radius 1 is 1.30 bits per heavy atom. The third-order valence-corrected chi connectivity index (χ3v) is 3.11. The lowest BCUT2D eigenvalue weighted by molar-refractivity contribution is -0.137. The highest BCUT2D eigenvalue weighted by molar-refractivity contribution is 9.09. The van der Waals surface area contributed by atoms with E-state index in [2.05, 4.69) is 21.2 Å². The molecular formula is C13H14BrF4NO. The molecule has 0 aromatic heterocycles. The third-order valence-electron chi connectivity index (χ3n) is 2.71. The van der Waals surface area contributed by atoms with Crippen LogP contribution in [-0.2, 0) is 6.18 Å². The lowest BCUT2D eigenvalue weighted by Gasteiger charge is -2.25. The van der Waals surface area contributed by atoms with E-state index >= 15 is 0 Å². The van der Waals surface area contributed by atoms with Gasteiger partial charge in [0.25, 0.3) is 5.91 Å². The van der Waals surface area contributed by atoms with Gasteiger partial charge in [-0.15, -0.1) is 0 Å². The van der Waals surface area contributed by atoms with Gasteiger partial charge in [0, 0.05) is 10.9 Å². The predicted octanol–water partition coefficient (Wildman–Crippen LogP) is 4.14. The number of carbonyl (C=O) groups excluding carboxylic acids is 1. The molecule has 1 amide bonds. The van der Waals surface area contributed by atoms with Gasteiger partial charge in [0.2, 0.25) is 0 Å². The van der Waals surface area contributed by atoms with Crippen LogP contribution in [0, 0.1) is 5.82 Å². The van der Waals surface area contributed by atoms with E-state index in [9.17, 15) is 22.4 Å². The van der Waals surface area contributed by atoms with Gasteiger partial charge in [-0.25, -0.2) is 4.39 Å². The number of alkyl halides is 4. The number of nitrogens with one attached hydrogen (secondary N) is 1. The highest BCUT2D eigenvalue weighted by Gasteiger charge is 2.32. The topological polar surface area (TPSA) is 29.1 Å². The van der Waals surface area contributed by atoms with Crippen molar-refractivity contribution in [2.75, 3.05) is 5.33 Å². The molecule has 112 valence electrons. The maximum absolute atomic E-state index is 13.5. The van der Waals surface area contributed by atoms with E-state index in [1.165, 1.54) is 0 Å². The van der Waals surface area contributed by atoms with Crippen LogP contribution >= 0.6 is 15.9 Å². The molecule has 0 spiro atoms. The van der Waals surface area contributed by atoms with Gasteiger partial charge in [-0.05, 0) is 38.5 Å². The Balaban J connectivity index is 3.04. The zero-order valence-electron chi connectivity index (χ0n) is 10.9. The largest absolute Gasteiger partial charge is 0.416 e. The number of rotatable bonds is 4. The molecule has 1 N–H and O–H groups in total. The van der Waals surface area contributed by atoms with Crippen LogP contribution in [0.5, 0.6) is 0 Å². The molecule has 0 radical (unpaired) electrons. The van der Waals surface area contributed by atoms with Crippen LogP contribution < -0.4 is 5.32 Å². The number of hydrogen-bond donors (Lipinski definition) is 1. The molecular weight excluding hydrogens is 342 g/mol. The standard InChI is InChI=1S/C13H14BrF4NO/c1-12(2,5-6-14)19-11(20)9-7-8(13(16,17)18)3-4-10(9)15/h3-4,7H,5-6H2,1-2H3,(H,19,20). The molecule has 20 heavy (non-hydrogen) atoms. The summed E-state index contributed by atoms with van der Waals surface area (Å²) in [6.07, 6.45) is -4.06. The molecule has 0 unspecified atom stereocenters. The van der Waals surface area contributed by atoms with E-state index in [0.29, 0.717) is 30.0 Å². The highest BCUT2D eigenvalue weighted by atomic mass is 79.9. The normalized spacial score (nSPS) is 12.3. The monoisotopic (exact) mass is 355 g/mol. The van der Waals surface area contributed by atoms with Crippen molar-refractivity contribution in [3.63, 3.8) is 0 Å². The quantitative estimate of drug-likeness (QED) is 0.638. The van der Waals surface area contributed by atoms with E-state index in [1.807, 2.05) is 0 Å². The highest BCUT2D eigenvalue weighted by Crippen LogP contribution is 2.30. The second-order valence-electron chi connectivity index (χ2n) is 4.97. The molecule has 1 aromatic carbocycles. The summed E-state index contributed by atoms with van der Waals surface area (Å²) in [7, 11) is 0. The van der Waals surface area contributed by atoms with Crippen LogP contribution in [0.4, 0.5) is 17.6 Å². The van der Waals surface area contributed by atoms with E-state index in [-0.39, 0.29) is 0 Å². The Bertz CT molecular complexity index is 500. The molecule has 0 saturated carbocycles. The first-order chi connectivity index (χ1) is 9.07. The Kier molecular flexibility index (Phi) is 5.18. The van der Waals surface area contributed by atoms with Gasteiger partial charge < -0.3 is 5.32 Å². The van der Waals surface area contributed by atoms with Crippen LogP contribution in [0.25, 0.3) is 0 Å². The van der Waals surface area contributed by atoms with Gasteiger partial charge in [-0.3, -0.25) is 4.79 Å².